The van der Waals surface area contributed by atoms with Crippen molar-refractivity contribution in [2.24, 2.45) is 0 Å². The first-order valence-electron chi connectivity index (χ1n) is 5.50. The normalized spacial score (nSPS) is 12.6. The minimum Gasteiger partial charge on any atom is -0.478 e. The van der Waals surface area contributed by atoms with Crippen molar-refractivity contribution in [3.05, 3.63) is 23.8 Å². The summed E-state index contributed by atoms with van der Waals surface area (Å²) in [6, 6.07) is 4.87. The molecular weight excluding hydrogens is 236 g/mol. The molecule has 0 radical (unpaired) electrons. The number of carboxylic acids is 1. The zero-order valence-electron chi connectivity index (χ0n) is 10.1. The van der Waals surface area contributed by atoms with Crippen LogP contribution in [0.25, 0.3) is 11.1 Å². The predicted octanol–water partition coefficient (Wildman–Crippen LogP) is 1.34. The summed E-state index contributed by atoms with van der Waals surface area (Å²) in [5.74, 6) is -1.01. The number of anilines is 1. The van der Waals surface area contributed by atoms with Gasteiger partial charge in [0.1, 0.15) is 5.52 Å². The number of aliphatic hydroxyl groups is 1. The van der Waals surface area contributed by atoms with Crippen molar-refractivity contribution in [2.75, 3.05) is 18.5 Å². The van der Waals surface area contributed by atoms with Gasteiger partial charge in [0.05, 0.1) is 11.7 Å². The van der Waals surface area contributed by atoms with Crippen LogP contribution in [-0.4, -0.2) is 40.9 Å². The van der Waals surface area contributed by atoms with E-state index >= 15 is 0 Å². The SMILES string of the molecule is CC(O)CN(C)c1nc2ccc(C(=O)O)cc2o1. The molecule has 2 N–H and O–H groups in total. The summed E-state index contributed by atoms with van der Waals surface area (Å²) in [7, 11) is 1.75. The Morgan fingerprint density at radius 1 is 1.56 bits per heavy atom. The molecule has 0 saturated heterocycles. The average Bonchev–Trinajstić information content (AvgIpc) is 2.70. The highest BCUT2D eigenvalue weighted by molar-refractivity contribution is 5.92. The van der Waals surface area contributed by atoms with Crippen LogP contribution in [0.5, 0.6) is 0 Å². The highest BCUT2D eigenvalue weighted by Gasteiger charge is 2.13. The zero-order chi connectivity index (χ0) is 13.3. The van der Waals surface area contributed by atoms with Gasteiger partial charge in [0.2, 0.25) is 0 Å². The van der Waals surface area contributed by atoms with Crippen LogP contribution in [0.2, 0.25) is 0 Å². The summed E-state index contributed by atoms with van der Waals surface area (Å²) in [4.78, 5) is 16.7. The zero-order valence-corrected chi connectivity index (χ0v) is 10.1. The van der Waals surface area contributed by atoms with Gasteiger partial charge in [-0.2, -0.15) is 4.98 Å². The van der Waals surface area contributed by atoms with Crippen molar-refractivity contribution in [1.29, 1.82) is 0 Å². The Bertz CT molecular complexity index is 576. The Kier molecular flexibility index (Phi) is 3.20. The van der Waals surface area contributed by atoms with Crippen molar-refractivity contribution in [2.45, 2.75) is 13.0 Å². The highest BCUT2D eigenvalue weighted by atomic mass is 16.4. The van der Waals surface area contributed by atoms with Crippen LogP contribution in [0.15, 0.2) is 22.6 Å². The monoisotopic (exact) mass is 250 g/mol. The Morgan fingerprint density at radius 3 is 2.89 bits per heavy atom. The van der Waals surface area contributed by atoms with Crippen molar-refractivity contribution in [1.82, 2.24) is 4.98 Å². The lowest BCUT2D eigenvalue weighted by Gasteiger charge is -2.15. The molecule has 96 valence electrons. The molecule has 2 rings (SSSR count). The van der Waals surface area contributed by atoms with Crippen LogP contribution in [0.3, 0.4) is 0 Å². The Hall–Kier alpha value is -2.08. The highest BCUT2D eigenvalue weighted by Crippen LogP contribution is 2.22. The molecule has 0 aliphatic rings. The Labute approximate surface area is 103 Å². The lowest BCUT2D eigenvalue weighted by atomic mass is 10.2. The average molecular weight is 250 g/mol. The number of carboxylic acid groups (broad SMARTS) is 1. The molecule has 0 saturated carbocycles. The van der Waals surface area contributed by atoms with Crippen molar-refractivity contribution in [3.63, 3.8) is 0 Å². The first-order valence-corrected chi connectivity index (χ1v) is 5.50. The van der Waals surface area contributed by atoms with Gasteiger partial charge < -0.3 is 19.5 Å². The summed E-state index contributed by atoms with van der Waals surface area (Å²) in [5.41, 5.74) is 1.16. The van der Waals surface area contributed by atoms with Gasteiger partial charge in [-0.25, -0.2) is 4.79 Å². The smallest absolute Gasteiger partial charge is 0.335 e. The number of likely N-dealkylation sites (N-methyl/N-ethyl adjacent to an activating group) is 1. The largest absolute Gasteiger partial charge is 0.478 e. The number of oxazole rings is 1. The third-order valence-corrected chi connectivity index (χ3v) is 2.49. The van der Waals surface area contributed by atoms with Crippen LogP contribution in [-0.2, 0) is 0 Å². The fourth-order valence-electron chi connectivity index (χ4n) is 1.68. The minimum absolute atomic E-state index is 0.156. The molecule has 0 amide bonds. The number of hydrogen-bond acceptors (Lipinski definition) is 5. The minimum atomic E-state index is -1.01. The van der Waals surface area contributed by atoms with E-state index < -0.39 is 12.1 Å². The number of benzene rings is 1. The number of aliphatic hydroxyl groups excluding tert-OH is 1. The number of nitrogens with zero attached hydrogens (tertiary/aromatic N) is 2. The maximum Gasteiger partial charge on any atom is 0.335 e. The Morgan fingerprint density at radius 2 is 2.28 bits per heavy atom. The second-order valence-corrected chi connectivity index (χ2v) is 4.21. The van der Waals surface area contributed by atoms with Crippen LogP contribution in [0, 0.1) is 0 Å². The molecule has 1 aromatic heterocycles. The van der Waals surface area contributed by atoms with Crippen molar-refractivity contribution < 1.29 is 19.4 Å². The lowest BCUT2D eigenvalue weighted by Crippen LogP contribution is -2.26. The van der Waals surface area contributed by atoms with Crippen LogP contribution in [0.4, 0.5) is 6.01 Å². The molecule has 18 heavy (non-hydrogen) atoms. The summed E-state index contributed by atoms with van der Waals surface area (Å²) in [6.07, 6.45) is -0.500. The Balaban J connectivity index is 2.35. The topological polar surface area (TPSA) is 86.8 Å². The van der Waals surface area contributed by atoms with Gasteiger partial charge in [0, 0.05) is 13.6 Å². The second kappa shape index (κ2) is 4.66. The quantitative estimate of drug-likeness (QED) is 0.851. The van der Waals surface area contributed by atoms with Crippen molar-refractivity contribution in [3.8, 4) is 0 Å². The molecule has 1 atom stereocenters. The maximum absolute atomic E-state index is 10.8. The second-order valence-electron chi connectivity index (χ2n) is 4.21. The van der Waals surface area contributed by atoms with E-state index in [0.717, 1.165) is 0 Å². The molecule has 1 aromatic carbocycles. The fraction of sp³-hybridized carbons (Fsp3) is 0.333. The number of fused-ring (bicyclic) bond motifs is 1. The van der Waals surface area contributed by atoms with E-state index in [1.807, 2.05) is 0 Å². The molecule has 0 bridgehead atoms. The molecule has 1 heterocycles. The van der Waals surface area contributed by atoms with Gasteiger partial charge in [0.15, 0.2) is 5.58 Å². The van der Waals surface area contributed by atoms with Crippen LogP contribution >= 0.6 is 0 Å². The summed E-state index contributed by atoms with van der Waals surface area (Å²) >= 11 is 0. The first-order chi connectivity index (χ1) is 8.47. The molecule has 6 nitrogen and oxygen atoms in total. The number of carbonyl (C=O) groups is 1. The molecule has 0 fully saturated rings. The summed E-state index contributed by atoms with van der Waals surface area (Å²) in [5, 5.41) is 18.2. The van der Waals surface area contributed by atoms with E-state index in [9.17, 15) is 9.90 Å². The fourth-order valence-corrected chi connectivity index (χ4v) is 1.68. The molecular formula is C12H14N2O4. The first kappa shape index (κ1) is 12.4. The third-order valence-electron chi connectivity index (χ3n) is 2.49. The molecule has 0 aliphatic heterocycles. The number of rotatable bonds is 4. The van der Waals surface area contributed by atoms with E-state index in [-0.39, 0.29) is 5.56 Å². The number of hydrogen-bond donors (Lipinski definition) is 2. The lowest BCUT2D eigenvalue weighted by molar-refractivity contribution is 0.0697. The van der Waals surface area contributed by atoms with Gasteiger partial charge in [-0.15, -0.1) is 0 Å². The summed E-state index contributed by atoms with van der Waals surface area (Å²) < 4.78 is 5.46. The van der Waals surface area contributed by atoms with E-state index in [0.29, 0.717) is 23.7 Å². The van der Waals surface area contributed by atoms with E-state index in [1.54, 1.807) is 24.9 Å². The van der Waals surface area contributed by atoms with Gasteiger partial charge >= 0.3 is 5.97 Å². The maximum atomic E-state index is 10.8. The third kappa shape index (κ3) is 2.43. The van der Waals surface area contributed by atoms with Gasteiger partial charge in [0.25, 0.3) is 6.01 Å². The van der Waals surface area contributed by atoms with Crippen LogP contribution < -0.4 is 4.90 Å². The standard InChI is InChI=1S/C12H14N2O4/c1-7(15)6-14(2)12-13-9-4-3-8(11(16)17)5-10(9)18-12/h3-5,7,15H,6H2,1-2H3,(H,16,17). The van der Waals surface area contributed by atoms with E-state index in [4.69, 9.17) is 9.52 Å². The summed E-state index contributed by atoms with van der Waals surface area (Å²) in [6.45, 7) is 2.06. The van der Waals surface area contributed by atoms with E-state index in [1.165, 1.54) is 12.1 Å². The molecule has 0 aliphatic carbocycles. The van der Waals surface area contributed by atoms with E-state index in [2.05, 4.69) is 4.98 Å². The van der Waals surface area contributed by atoms with Gasteiger partial charge in [-0.1, -0.05) is 0 Å². The predicted molar refractivity (Wildman–Crippen MR) is 65.9 cm³/mol. The van der Waals surface area contributed by atoms with Gasteiger partial charge in [-0.05, 0) is 25.1 Å². The molecule has 0 spiro atoms. The molecule has 2 aromatic rings. The number of aromatic nitrogens is 1. The molecule has 6 heteroatoms. The van der Waals surface area contributed by atoms with Crippen LogP contribution in [0.1, 0.15) is 17.3 Å². The number of aromatic carboxylic acids is 1. The molecule has 1 unspecified atom stereocenters. The van der Waals surface area contributed by atoms with Gasteiger partial charge in [-0.3, -0.25) is 0 Å². The van der Waals surface area contributed by atoms with Crippen molar-refractivity contribution >= 4 is 23.1 Å².